The van der Waals surface area contributed by atoms with Crippen molar-refractivity contribution in [1.82, 2.24) is 9.97 Å². The Kier molecular flexibility index (Phi) is 3.09. The Morgan fingerprint density at radius 2 is 2.62 bits per heavy atom. The van der Waals surface area contributed by atoms with E-state index in [1.807, 2.05) is 6.92 Å². The van der Waals surface area contributed by atoms with Crippen LogP contribution in [0.25, 0.3) is 0 Å². The molecule has 0 bridgehead atoms. The number of terminal acetylenes is 1. The number of aromatic nitrogens is 2. The number of aryl methyl sites for hydroxylation is 1. The van der Waals surface area contributed by atoms with Crippen LogP contribution in [0, 0.1) is 19.3 Å². The minimum Gasteiger partial charge on any atom is -0.328 e. The second-order valence-electron chi connectivity index (χ2n) is 2.67. The highest BCUT2D eigenvalue weighted by atomic mass is 16.1. The molecule has 0 atom stereocenters. The highest BCUT2D eigenvalue weighted by Gasteiger charge is 2.02. The molecule has 0 saturated heterocycles. The van der Waals surface area contributed by atoms with Gasteiger partial charge in [-0.1, -0.05) is 0 Å². The van der Waals surface area contributed by atoms with Crippen LogP contribution < -0.4 is 5.32 Å². The van der Waals surface area contributed by atoms with Crippen molar-refractivity contribution in [1.29, 1.82) is 0 Å². The summed E-state index contributed by atoms with van der Waals surface area (Å²) in [6, 6.07) is 0. The number of carbonyl (C=O) groups is 1. The second kappa shape index (κ2) is 4.31. The first-order chi connectivity index (χ1) is 6.22. The van der Waals surface area contributed by atoms with Gasteiger partial charge in [0.05, 0.1) is 0 Å². The summed E-state index contributed by atoms with van der Waals surface area (Å²) in [5.74, 6) is 2.75. The number of nitrogens with zero attached hydrogens (tertiary/aromatic N) is 1. The molecule has 4 heteroatoms. The number of nitrogens with one attached hydrogen (secondary N) is 2. The van der Waals surface area contributed by atoms with Crippen LogP contribution in [0.15, 0.2) is 6.20 Å². The molecule has 0 unspecified atom stereocenters. The van der Waals surface area contributed by atoms with Crippen LogP contribution in [0.2, 0.25) is 0 Å². The van der Waals surface area contributed by atoms with Crippen molar-refractivity contribution in [2.24, 2.45) is 0 Å². The number of amides is 1. The van der Waals surface area contributed by atoms with E-state index in [2.05, 4.69) is 21.2 Å². The number of H-pyrrole nitrogens is 1. The van der Waals surface area contributed by atoms with Crippen LogP contribution in [0.1, 0.15) is 18.5 Å². The van der Waals surface area contributed by atoms with E-state index in [-0.39, 0.29) is 5.91 Å². The summed E-state index contributed by atoms with van der Waals surface area (Å²) in [7, 11) is 0. The van der Waals surface area contributed by atoms with Crippen molar-refractivity contribution in [2.45, 2.75) is 19.8 Å². The molecule has 4 nitrogen and oxygen atoms in total. The Bertz CT molecular complexity index is 335. The van der Waals surface area contributed by atoms with E-state index < -0.39 is 0 Å². The maximum absolute atomic E-state index is 11.1. The first kappa shape index (κ1) is 9.33. The van der Waals surface area contributed by atoms with E-state index in [0.717, 1.165) is 5.69 Å². The van der Waals surface area contributed by atoms with E-state index in [0.29, 0.717) is 18.8 Å². The fraction of sp³-hybridized carbons (Fsp3) is 0.333. The molecule has 1 heterocycles. The number of hydrogen-bond donors (Lipinski definition) is 2. The lowest BCUT2D eigenvalue weighted by Gasteiger charge is -1.98. The zero-order valence-electron chi connectivity index (χ0n) is 7.42. The Hall–Kier alpha value is -1.76. The van der Waals surface area contributed by atoms with E-state index in [4.69, 9.17) is 6.42 Å². The van der Waals surface area contributed by atoms with Gasteiger partial charge >= 0.3 is 0 Å². The summed E-state index contributed by atoms with van der Waals surface area (Å²) in [5, 5.41) is 2.60. The number of imidazole rings is 1. The standard InChI is InChI=1S/C9H11N3O/c1-3-4-5-8(13)12-9-10-6-7(2)11-9/h1,6H,4-5H2,2H3,(H2,10,11,12,13). The van der Waals surface area contributed by atoms with Gasteiger partial charge in [0.15, 0.2) is 0 Å². The van der Waals surface area contributed by atoms with Crippen molar-refractivity contribution < 1.29 is 4.79 Å². The molecule has 2 N–H and O–H groups in total. The van der Waals surface area contributed by atoms with Crippen LogP contribution in [0.5, 0.6) is 0 Å². The summed E-state index contributed by atoms with van der Waals surface area (Å²) in [6.07, 6.45) is 7.45. The summed E-state index contributed by atoms with van der Waals surface area (Å²) in [4.78, 5) is 17.9. The van der Waals surface area contributed by atoms with Crippen molar-refractivity contribution in [3.8, 4) is 12.3 Å². The second-order valence-corrected chi connectivity index (χ2v) is 2.67. The molecule has 1 rings (SSSR count). The molecule has 0 aliphatic heterocycles. The molecule has 0 spiro atoms. The van der Waals surface area contributed by atoms with Crippen LogP contribution in [-0.4, -0.2) is 15.9 Å². The Morgan fingerprint density at radius 1 is 1.85 bits per heavy atom. The highest BCUT2D eigenvalue weighted by molar-refractivity contribution is 5.89. The van der Waals surface area contributed by atoms with Crippen LogP contribution in [-0.2, 0) is 4.79 Å². The van der Waals surface area contributed by atoms with Crippen molar-refractivity contribution in [3.63, 3.8) is 0 Å². The predicted molar refractivity (Wildman–Crippen MR) is 50.0 cm³/mol. The monoisotopic (exact) mass is 177 g/mol. The molecule has 68 valence electrons. The lowest BCUT2D eigenvalue weighted by Crippen LogP contribution is -2.11. The number of anilines is 1. The van der Waals surface area contributed by atoms with Gasteiger partial charge in [0, 0.05) is 24.7 Å². The van der Waals surface area contributed by atoms with Crippen molar-refractivity contribution >= 4 is 11.9 Å². The third kappa shape index (κ3) is 2.99. The summed E-state index contributed by atoms with van der Waals surface area (Å²) >= 11 is 0. The van der Waals surface area contributed by atoms with Gasteiger partial charge in [0.2, 0.25) is 11.9 Å². The molecule has 0 fully saturated rings. The number of hydrogen-bond acceptors (Lipinski definition) is 2. The average Bonchev–Trinajstić information content (AvgIpc) is 2.48. The van der Waals surface area contributed by atoms with Crippen LogP contribution in [0.3, 0.4) is 0 Å². The molecule has 0 aliphatic rings. The first-order valence-corrected chi connectivity index (χ1v) is 3.97. The predicted octanol–water partition coefficient (Wildman–Crippen LogP) is 1.07. The van der Waals surface area contributed by atoms with Crippen molar-refractivity contribution in [2.75, 3.05) is 5.32 Å². The van der Waals surface area contributed by atoms with Gasteiger partial charge in [0.1, 0.15) is 0 Å². The van der Waals surface area contributed by atoms with E-state index in [1.165, 1.54) is 0 Å². The summed E-state index contributed by atoms with van der Waals surface area (Å²) in [5.41, 5.74) is 0.909. The fourth-order valence-corrected chi connectivity index (χ4v) is 0.856. The molecule has 0 aromatic carbocycles. The minimum absolute atomic E-state index is 0.118. The smallest absolute Gasteiger partial charge is 0.227 e. The topological polar surface area (TPSA) is 57.8 Å². The normalized spacial score (nSPS) is 9.23. The maximum atomic E-state index is 11.1. The van der Waals surface area contributed by atoms with E-state index in [1.54, 1.807) is 6.20 Å². The van der Waals surface area contributed by atoms with E-state index in [9.17, 15) is 4.79 Å². The average molecular weight is 177 g/mol. The van der Waals surface area contributed by atoms with Gasteiger partial charge in [0.25, 0.3) is 0 Å². The maximum Gasteiger partial charge on any atom is 0.227 e. The van der Waals surface area contributed by atoms with Gasteiger partial charge in [-0.15, -0.1) is 12.3 Å². The molecule has 0 saturated carbocycles. The van der Waals surface area contributed by atoms with Crippen molar-refractivity contribution in [3.05, 3.63) is 11.9 Å². The molecular weight excluding hydrogens is 166 g/mol. The minimum atomic E-state index is -0.118. The van der Waals surface area contributed by atoms with Gasteiger partial charge in [-0.05, 0) is 6.92 Å². The molecular formula is C9H11N3O. The van der Waals surface area contributed by atoms with Gasteiger partial charge in [-0.3, -0.25) is 10.1 Å². The van der Waals surface area contributed by atoms with Crippen LogP contribution >= 0.6 is 0 Å². The van der Waals surface area contributed by atoms with Crippen LogP contribution in [0.4, 0.5) is 5.95 Å². The molecule has 0 aliphatic carbocycles. The largest absolute Gasteiger partial charge is 0.328 e. The fourth-order valence-electron chi connectivity index (χ4n) is 0.856. The lowest BCUT2D eigenvalue weighted by atomic mass is 10.3. The third-order valence-corrected chi connectivity index (χ3v) is 1.46. The SMILES string of the molecule is C#CCCC(=O)Nc1ncc(C)[nH]1. The highest BCUT2D eigenvalue weighted by Crippen LogP contribution is 2.01. The lowest BCUT2D eigenvalue weighted by molar-refractivity contribution is -0.116. The number of rotatable bonds is 3. The number of aromatic amines is 1. The summed E-state index contributed by atoms with van der Waals surface area (Å²) in [6.45, 7) is 1.87. The Morgan fingerprint density at radius 3 is 3.15 bits per heavy atom. The zero-order valence-corrected chi connectivity index (χ0v) is 7.42. The Balaban J connectivity index is 2.41. The van der Waals surface area contributed by atoms with Gasteiger partial charge in [-0.25, -0.2) is 4.98 Å². The van der Waals surface area contributed by atoms with Gasteiger partial charge < -0.3 is 4.98 Å². The molecule has 1 aromatic heterocycles. The molecule has 1 aromatic rings. The quantitative estimate of drug-likeness (QED) is 0.678. The molecule has 1 amide bonds. The molecule has 0 radical (unpaired) electrons. The number of carbonyl (C=O) groups excluding carboxylic acids is 1. The van der Waals surface area contributed by atoms with Gasteiger partial charge in [-0.2, -0.15) is 0 Å². The first-order valence-electron chi connectivity index (χ1n) is 3.97. The third-order valence-electron chi connectivity index (χ3n) is 1.46. The molecule has 13 heavy (non-hydrogen) atoms. The Labute approximate surface area is 76.8 Å². The zero-order chi connectivity index (χ0) is 9.68. The summed E-state index contributed by atoms with van der Waals surface area (Å²) < 4.78 is 0. The van der Waals surface area contributed by atoms with E-state index >= 15 is 0 Å².